The molecule has 6 heteroatoms. The predicted octanol–water partition coefficient (Wildman–Crippen LogP) is 3.18. The molecule has 0 unspecified atom stereocenters. The molecule has 5 nitrogen and oxygen atoms in total. The zero-order valence-corrected chi connectivity index (χ0v) is 13.2. The van der Waals surface area contributed by atoms with E-state index in [1.807, 2.05) is 23.9 Å². The van der Waals surface area contributed by atoms with Crippen LogP contribution >= 0.6 is 0 Å². The first-order chi connectivity index (χ1) is 11.2. The number of aromatic nitrogens is 5. The number of hydrogen-bond acceptors (Lipinski definition) is 4. The van der Waals surface area contributed by atoms with Crippen molar-refractivity contribution in [1.29, 1.82) is 0 Å². The average Bonchev–Trinajstić information content (AvgIpc) is 2.98. The first-order valence-corrected chi connectivity index (χ1v) is 7.62. The Bertz CT molecular complexity index is 812. The van der Waals surface area contributed by atoms with E-state index in [1.165, 1.54) is 6.07 Å². The van der Waals surface area contributed by atoms with Gasteiger partial charge in [0.05, 0.1) is 12.2 Å². The molecule has 0 spiro atoms. The van der Waals surface area contributed by atoms with Crippen molar-refractivity contribution in [2.24, 2.45) is 0 Å². The van der Waals surface area contributed by atoms with Gasteiger partial charge in [0.1, 0.15) is 11.5 Å². The molecular weight excluding hydrogens is 293 g/mol. The number of hydrogen-bond donors (Lipinski definition) is 0. The molecule has 0 atom stereocenters. The van der Waals surface area contributed by atoms with Crippen LogP contribution in [0.4, 0.5) is 4.39 Å². The third-order valence-corrected chi connectivity index (χ3v) is 3.60. The van der Waals surface area contributed by atoms with Gasteiger partial charge in [0, 0.05) is 24.8 Å². The standard InChI is InChI=1S/C17H18FN5/c1-3-5-13-10-21-12(2)22-15(13)11-23-9-8-20-17(23)16-14(18)6-4-7-19-16/h4,6-10H,3,5,11H2,1-2H3. The first-order valence-electron chi connectivity index (χ1n) is 7.62. The maximum absolute atomic E-state index is 14.0. The zero-order valence-electron chi connectivity index (χ0n) is 13.2. The van der Waals surface area contributed by atoms with Gasteiger partial charge in [-0.1, -0.05) is 13.3 Å². The van der Waals surface area contributed by atoms with Crippen LogP contribution < -0.4 is 0 Å². The van der Waals surface area contributed by atoms with E-state index in [1.54, 1.807) is 18.5 Å². The minimum Gasteiger partial charge on any atom is -0.324 e. The fourth-order valence-electron chi connectivity index (χ4n) is 2.52. The minimum absolute atomic E-state index is 0.250. The summed E-state index contributed by atoms with van der Waals surface area (Å²) in [6, 6.07) is 2.96. The summed E-state index contributed by atoms with van der Waals surface area (Å²) in [4.78, 5) is 17.2. The highest BCUT2D eigenvalue weighted by Gasteiger charge is 2.14. The summed E-state index contributed by atoms with van der Waals surface area (Å²) >= 11 is 0. The summed E-state index contributed by atoms with van der Waals surface area (Å²) in [5.41, 5.74) is 2.30. The smallest absolute Gasteiger partial charge is 0.162 e. The average molecular weight is 311 g/mol. The lowest BCUT2D eigenvalue weighted by Gasteiger charge is -2.11. The Hall–Kier alpha value is -2.63. The molecule has 3 aromatic heterocycles. The Morgan fingerprint density at radius 1 is 1.17 bits per heavy atom. The lowest BCUT2D eigenvalue weighted by atomic mass is 10.1. The third kappa shape index (κ3) is 3.26. The first kappa shape index (κ1) is 15.3. The Labute approximate surface area is 134 Å². The van der Waals surface area contributed by atoms with Crippen LogP contribution in [0.1, 0.15) is 30.4 Å². The van der Waals surface area contributed by atoms with Gasteiger partial charge in [0.15, 0.2) is 11.6 Å². The molecule has 3 rings (SSSR count). The molecule has 0 aliphatic carbocycles. The number of imidazole rings is 1. The summed E-state index contributed by atoms with van der Waals surface area (Å²) in [5, 5.41) is 0. The Kier molecular flexibility index (Phi) is 4.41. The van der Waals surface area contributed by atoms with Crippen LogP contribution in [0.15, 0.2) is 36.9 Å². The lowest BCUT2D eigenvalue weighted by molar-refractivity contribution is 0.621. The highest BCUT2D eigenvalue weighted by molar-refractivity contribution is 5.50. The molecule has 0 saturated heterocycles. The second kappa shape index (κ2) is 6.64. The van der Waals surface area contributed by atoms with Crippen molar-refractivity contribution in [1.82, 2.24) is 24.5 Å². The molecular formula is C17H18FN5. The largest absolute Gasteiger partial charge is 0.324 e. The van der Waals surface area contributed by atoms with Crippen LogP contribution in [0.5, 0.6) is 0 Å². The zero-order chi connectivity index (χ0) is 16.2. The van der Waals surface area contributed by atoms with Gasteiger partial charge in [-0.2, -0.15) is 0 Å². The van der Waals surface area contributed by atoms with Crippen molar-refractivity contribution in [3.63, 3.8) is 0 Å². The summed E-state index contributed by atoms with van der Waals surface area (Å²) < 4.78 is 15.9. The Balaban J connectivity index is 1.98. The summed E-state index contributed by atoms with van der Waals surface area (Å²) in [6.07, 6.45) is 8.84. The van der Waals surface area contributed by atoms with Crippen molar-refractivity contribution in [3.05, 3.63) is 59.8 Å². The van der Waals surface area contributed by atoms with Crippen LogP contribution in [0.25, 0.3) is 11.5 Å². The number of rotatable bonds is 5. The van der Waals surface area contributed by atoms with E-state index in [4.69, 9.17) is 0 Å². The second-order valence-electron chi connectivity index (χ2n) is 5.35. The quantitative estimate of drug-likeness (QED) is 0.726. The van der Waals surface area contributed by atoms with E-state index in [0.29, 0.717) is 12.4 Å². The summed E-state index contributed by atoms with van der Waals surface area (Å²) in [5.74, 6) is 0.847. The third-order valence-electron chi connectivity index (χ3n) is 3.60. The van der Waals surface area contributed by atoms with E-state index < -0.39 is 0 Å². The maximum Gasteiger partial charge on any atom is 0.162 e. The van der Waals surface area contributed by atoms with Crippen molar-refractivity contribution in [2.45, 2.75) is 33.2 Å². The van der Waals surface area contributed by atoms with Crippen LogP contribution in [-0.2, 0) is 13.0 Å². The molecule has 0 aromatic carbocycles. The molecule has 0 aliphatic heterocycles. The van der Waals surface area contributed by atoms with E-state index >= 15 is 0 Å². The molecule has 0 radical (unpaired) electrons. The van der Waals surface area contributed by atoms with Crippen LogP contribution in [0.3, 0.4) is 0 Å². The van der Waals surface area contributed by atoms with Crippen molar-refractivity contribution >= 4 is 0 Å². The van der Waals surface area contributed by atoms with Crippen molar-refractivity contribution < 1.29 is 4.39 Å². The van der Waals surface area contributed by atoms with Gasteiger partial charge < -0.3 is 4.57 Å². The van der Waals surface area contributed by atoms with Gasteiger partial charge in [-0.25, -0.2) is 24.3 Å². The summed E-state index contributed by atoms with van der Waals surface area (Å²) in [6.45, 7) is 4.51. The van der Waals surface area contributed by atoms with Crippen molar-refractivity contribution in [2.75, 3.05) is 0 Å². The van der Waals surface area contributed by atoms with E-state index in [0.717, 1.165) is 29.9 Å². The van der Waals surface area contributed by atoms with Gasteiger partial charge in [-0.05, 0) is 31.0 Å². The Morgan fingerprint density at radius 2 is 2.04 bits per heavy atom. The lowest BCUT2D eigenvalue weighted by Crippen LogP contribution is -2.09. The van der Waals surface area contributed by atoms with Gasteiger partial charge in [-0.15, -0.1) is 0 Å². The molecule has 0 fully saturated rings. The normalized spacial score (nSPS) is 10.9. The summed E-state index contributed by atoms with van der Waals surface area (Å²) in [7, 11) is 0. The Morgan fingerprint density at radius 3 is 2.83 bits per heavy atom. The molecule has 0 aliphatic rings. The predicted molar refractivity (Wildman–Crippen MR) is 85.3 cm³/mol. The molecule has 0 N–H and O–H groups in total. The number of halogens is 1. The van der Waals surface area contributed by atoms with E-state index in [-0.39, 0.29) is 11.5 Å². The SMILES string of the molecule is CCCc1cnc(C)nc1Cn1ccnc1-c1ncccc1F. The molecule has 3 heterocycles. The fraction of sp³-hybridized carbons (Fsp3) is 0.294. The molecule has 3 aromatic rings. The molecule has 0 bridgehead atoms. The topological polar surface area (TPSA) is 56.5 Å². The highest BCUT2D eigenvalue weighted by Crippen LogP contribution is 2.20. The second-order valence-corrected chi connectivity index (χ2v) is 5.35. The number of pyridine rings is 1. The number of aryl methyl sites for hydroxylation is 2. The van der Waals surface area contributed by atoms with Gasteiger partial charge >= 0.3 is 0 Å². The highest BCUT2D eigenvalue weighted by atomic mass is 19.1. The minimum atomic E-state index is -0.382. The monoisotopic (exact) mass is 311 g/mol. The van der Waals surface area contributed by atoms with Gasteiger partial charge in [-0.3, -0.25) is 0 Å². The van der Waals surface area contributed by atoms with Crippen LogP contribution in [-0.4, -0.2) is 24.5 Å². The number of nitrogens with zero attached hydrogens (tertiary/aromatic N) is 5. The molecule has 0 saturated carbocycles. The van der Waals surface area contributed by atoms with Gasteiger partial charge in [0.25, 0.3) is 0 Å². The van der Waals surface area contributed by atoms with E-state index in [9.17, 15) is 4.39 Å². The van der Waals surface area contributed by atoms with Crippen LogP contribution in [0.2, 0.25) is 0 Å². The van der Waals surface area contributed by atoms with Crippen LogP contribution in [0, 0.1) is 12.7 Å². The fourth-order valence-corrected chi connectivity index (χ4v) is 2.52. The van der Waals surface area contributed by atoms with Crippen molar-refractivity contribution in [3.8, 4) is 11.5 Å². The molecule has 0 amide bonds. The molecule has 118 valence electrons. The van der Waals surface area contributed by atoms with E-state index in [2.05, 4.69) is 26.9 Å². The van der Waals surface area contributed by atoms with Gasteiger partial charge in [0.2, 0.25) is 0 Å². The maximum atomic E-state index is 14.0. The molecule has 23 heavy (non-hydrogen) atoms.